The largest absolute Gasteiger partial charge is 0.493 e. The number of pyridine rings is 1. The Morgan fingerprint density at radius 1 is 0.778 bits per heavy atom. The molecule has 27 heavy (non-hydrogen) atoms. The number of ether oxygens (including phenoxy) is 2. The molecule has 0 aliphatic carbocycles. The minimum atomic E-state index is 0.676. The Bertz CT molecular complexity index is 1040. The van der Waals surface area contributed by atoms with Gasteiger partial charge in [-0.1, -0.05) is 30.3 Å². The van der Waals surface area contributed by atoms with Crippen LogP contribution in [0.15, 0.2) is 79.1 Å². The smallest absolute Gasteiger partial charge is 0.161 e. The molecule has 0 unspecified atom stereocenters. The molecule has 0 aliphatic rings. The Balaban J connectivity index is 1.90. The summed E-state index contributed by atoms with van der Waals surface area (Å²) in [5, 5.41) is 4.83. The molecule has 0 radical (unpaired) electrons. The average molecular weight is 357 g/mol. The van der Waals surface area contributed by atoms with Gasteiger partial charge in [0, 0.05) is 17.3 Å². The molecule has 0 amide bonds. The summed E-state index contributed by atoms with van der Waals surface area (Å²) in [6, 6.07) is 21.9. The molecule has 2 aromatic carbocycles. The summed E-state index contributed by atoms with van der Waals surface area (Å²) in [4.78, 5) is 4.23. The average Bonchev–Trinajstić information content (AvgIpc) is 3.20. The van der Waals surface area contributed by atoms with E-state index in [0.717, 1.165) is 28.2 Å². The summed E-state index contributed by atoms with van der Waals surface area (Å²) < 4.78 is 12.7. The standard InChI is InChI=1S/C22H19N3O2/c1-26-21-11-10-17(13-22(21)27-2)20-14-19(16-7-4-3-5-8-16)24-25(20)18-9-6-12-23-15-18/h3-15H,1-2H3. The van der Waals surface area contributed by atoms with Crippen molar-refractivity contribution in [2.24, 2.45) is 0 Å². The topological polar surface area (TPSA) is 49.2 Å². The van der Waals surface area contributed by atoms with Gasteiger partial charge in [0.1, 0.15) is 0 Å². The van der Waals surface area contributed by atoms with Crippen molar-refractivity contribution in [3.8, 4) is 39.7 Å². The first-order valence-corrected chi connectivity index (χ1v) is 8.58. The van der Waals surface area contributed by atoms with Gasteiger partial charge in [-0.3, -0.25) is 4.98 Å². The molecule has 4 rings (SSSR count). The third-order valence-electron chi connectivity index (χ3n) is 4.35. The summed E-state index contributed by atoms with van der Waals surface area (Å²) >= 11 is 0. The predicted molar refractivity (Wildman–Crippen MR) is 105 cm³/mol. The monoisotopic (exact) mass is 357 g/mol. The van der Waals surface area contributed by atoms with Gasteiger partial charge in [-0.2, -0.15) is 5.10 Å². The van der Waals surface area contributed by atoms with Crippen molar-refractivity contribution >= 4 is 0 Å². The fourth-order valence-corrected chi connectivity index (χ4v) is 3.01. The molecule has 0 fully saturated rings. The molecular formula is C22H19N3O2. The van der Waals surface area contributed by atoms with E-state index in [1.54, 1.807) is 26.6 Å². The zero-order valence-electron chi connectivity index (χ0n) is 15.2. The van der Waals surface area contributed by atoms with Crippen LogP contribution in [-0.2, 0) is 0 Å². The van der Waals surface area contributed by atoms with E-state index >= 15 is 0 Å². The molecule has 4 aromatic rings. The second-order valence-electron chi connectivity index (χ2n) is 5.97. The highest BCUT2D eigenvalue weighted by Crippen LogP contribution is 2.34. The molecule has 0 spiro atoms. The Hall–Kier alpha value is -3.60. The van der Waals surface area contributed by atoms with Crippen LogP contribution in [-0.4, -0.2) is 29.0 Å². The van der Waals surface area contributed by atoms with Crippen LogP contribution < -0.4 is 9.47 Å². The Morgan fingerprint density at radius 3 is 2.30 bits per heavy atom. The zero-order chi connectivity index (χ0) is 18.6. The maximum absolute atomic E-state index is 5.47. The number of hydrogen-bond donors (Lipinski definition) is 0. The lowest BCUT2D eigenvalue weighted by Gasteiger charge is -2.11. The van der Waals surface area contributed by atoms with Gasteiger partial charge >= 0.3 is 0 Å². The first-order valence-electron chi connectivity index (χ1n) is 8.58. The summed E-state index contributed by atoms with van der Waals surface area (Å²) in [6.45, 7) is 0. The molecule has 0 saturated heterocycles. The van der Waals surface area contributed by atoms with Crippen LogP contribution in [0, 0.1) is 0 Å². The fourth-order valence-electron chi connectivity index (χ4n) is 3.01. The van der Waals surface area contributed by atoms with E-state index in [4.69, 9.17) is 14.6 Å². The number of aromatic nitrogens is 3. The van der Waals surface area contributed by atoms with E-state index in [1.807, 2.05) is 65.3 Å². The molecule has 2 heterocycles. The van der Waals surface area contributed by atoms with Gasteiger partial charge in [-0.05, 0) is 36.4 Å². The first-order chi connectivity index (χ1) is 13.3. The van der Waals surface area contributed by atoms with E-state index in [0.29, 0.717) is 11.5 Å². The van der Waals surface area contributed by atoms with Gasteiger partial charge in [0.05, 0.1) is 37.5 Å². The van der Waals surface area contributed by atoms with Crippen molar-refractivity contribution in [2.45, 2.75) is 0 Å². The van der Waals surface area contributed by atoms with Crippen LogP contribution in [0.1, 0.15) is 0 Å². The number of rotatable bonds is 5. The summed E-state index contributed by atoms with van der Waals surface area (Å²) in [6.07, 6.45) is 3.55. The van der Waals surface area contributed by atoms with Crippen LogP contribution in [0.3, 0.4) is 0 Å². The number of hydrogen-bond acceptors (Lipinski definition) is 4. The Labute approximate surface area is 157 Å². The normalized spacial score (nSPS) is 10.6. The third-order valence-corrected chi connectivity index (χ3v) is 4.35. The predicted octanol–water partition coefficient (Wildman–Crippen LogP) is 4.62. The highest BCUT2D eigenvalue weighted by molar-refractivity contribution is 5.72. The number of methoxy groups -OCH3 is 2. The van der Waals surface area contributed by atoms with Crippen LogP contribution >= 0.6 is 0 Å². The fraction of sp³-hybridized carbons (Fsp3) is 0.0909. The Kier molecular flexibility index (Phi) is 4.58. The van der Waals surface area contributed by atoms with Crippen molar-refractivity contribution in [1.29, 1.82) is 0 Å². The van der Waals surface area contributed by atoms with Gasteiger partial charge in [-0.15, -0.1) is 0 Å². The van der Waals surface area contributed by atoms with E-state index in [9.17, 15) is 0 Å². The van der Waals surface area contributed by atoms with Crippen LogP contribution in [0.4, 0.5) is 0 Å². The highest BCUT2D eigenvalue weighted by Gasteiger charge is 2.15. The van der Waals surface area contributed by atoms with Crippen LogP contribution in [0.2, 0.25) is 0 Å². The molecule has 0 aliphatic heterocycles. The molecule has 0 bridgehead atoms. The van der Waals surface area contributed by atoms with E-state index in [2.05, 4.69) is 11.1 Å². The quantitative estimate of drug-likeness (QED) is 0.523. The molecule has 134 valence electrons. The lowest BCUT2D eigenvalue weighted by atomic mass is 10.1. The van der Waals surface area contributed by atoms with Gasteiger partial charge in [0.2, 0.25) is 0 Å². The van der Waals surface area contributed by atoms with Gasteiger partial charge in [0.15, 0.2) is 11.5 Å². The molecule has 0 atom stereocenters. The van der Waals surface area contributed by atoms with Gasteiger partial charge in [0.25, 0.3) is 0 Å². The maximum atomic E-state index is 5.47. The van der Waals surface area contributed by atoms with Crippen molar-refractivity contribution in [3.05, 3.63) is 79.1 Å². The SMILES string of the molecule is COc1ccc(-c2cc(-c3ccccc3)nn2-c2cccnc2)cc1OC. The lowest BCUT2D eigenvalue weighted by Crippen LogP contribution is -2.00. The summed E-state index contributed by atoms with van der Waals surface area (Å²) in [5.41, 5.74) is 4.77. The second-order valence-corrected chi connectivity index (χ2v) is 5.97. The van der Waals surface area contributed by atoms with Crippen molar-refractivity contribution in [1.82, 2.24) is 14.8 Å². The minimum absolute atomic E-state index is 0.676. The maximum Gasteiger partial charge on any atom is 0.161 e. The van der Waals surface area contributed by atoms with Crippen molar-refractivity contribution in [3.63, 3.8) is 0 Å². The molecular weight excluding hydrogens is 338 g/mol. The number of benzene rings is 2. The molecule has 5 nitrogen and oxygen atoms in total. The van der Waals surface area contributed by atoms with Crippen LogP contribution in [0.25, 0.3) is 28.2 Å². The molecule has 0 saturated carbocycles. The first kappa shape index (κ1) is 16.8. The van der Waals surface area contributed by atoms with Gasteiger partial charge in [-0.25, -0.2) is 4.68 Å². The van der Waals surface area contributed by atoms with Crippen LogP contribution in [0.5, 0.6) is 11.5 Å². The molecule has 5 heteroatoms. The van der Waals surface area contributed by atoms with Crippen molar-refractivity contribution in [2.75, 3.05) is 14.2 Å². The van der Waals surface area contributed by atoms with E-state index < -0.39 is 0 Å². The summed E-state index contributed by atoms with van der Waals surface area (Å²) in [7, 11) is 3.26. The Morgan fingerprint density at radius 2 is 1.59 bits per heavy atom. The van der Waals surface area contributed by atoms with Crippen molar-refractivity contribution < 1.29 is 9.47 Å². The third kappa shape index (κ3) is 3.27. The molecule has 0 N–H and O–H groups in total. The highest BCUT2D eigenvalue weighted by atomic mass is 16.5. The minimum Gasteiger partial charge on any atom is -0.493 e. The second kappa shape index (κ2) is 7.33. The summed E-state index contributed by atoms with van der Waals surface area (Å²) in [5.74, 6) is 1.37. The zero-order valence-corrected chi connectivity index (χ0v) is 15.2. The number of nitrogens with zero attached hydrogens (tertiary/aromatic N) is 3. The van der Waals surface area contributed by atoms with E-state index in [-0.39, 0.29) is 0 Å². The van der Waals surface area contributed by atoms with E-state index in [1.165, 1.54) is 0 Å². The molecule has 2 aromatic heterocycles. The van der Waals surface area contributed by atoms with Gasteiger partial charge < -0.3 is 9.47 Å². The lowest BCUT2D eigenvalue weighted by molar-refractivity contribution is 0.355.